The van der Waals surface area contributed by atoms with E-state index in [1.54, 1.807) is 0 Å². The lowest BCUT2D eigenvalue weighted by molar-refractivity contribution is 0.0887. The second-order valence-corrected chi connectivity index (χ2v) is 6.84. The van der Waals surface area contributed by atoms with Crippen LogP contribution in [0.1, 0.15) is 23.6 Å². The predicted octanol–water partition coefficient (Wildman–Crippen LogP) is 2.17. The Labute approximate surface area is 121 Å². The molecular formula is C15H27N3S. The minimum Gasteiger partial charge on any atom is -0.311 e. The van der Waals surface area contributed by atoms with E-state index in [-0.39, 0.29) is 0 Å². The normalized spacial score (nSPS) is 21.9. The smallest absolute Gasteiger partial charge is 0.0300 e. The first-order valence-electron chi connectivity index (χ1n) is 7.41. The molecule has 1 aromatic heterocycles. The highest BCUT2D eigenvalue weighted by Crippen LogP contribution is 2.14. The SMILES string of the molecule is CCN1CCN(CCNCc2ccc(C)s2)CC1C. The fourth-order valence-corrected chi connectivity index (χ4v) is 3.63. The maximum atomic E-state index is 3.56. The molecular weight excluding hydrogens is 254 g/mol. The summed E-state index contributed by atoms with van der Waals surface area (Å²) in [6.45, 7) is 14.9. The van der Waals surface area contributed by atoms with Gasteiger partial charge in [-0.25, -0.2) is 0 Å². The highest BCUT2D eigenvalue weighted by molar-refractivity contribution is 7.11. The molecule has 1 aliphatic rings. The van der Waals surface area contributed by atoms with Crippen LogP contribution < -0.4 is 5.32 Å². The van der Waals surface area contributed by atoms with Gasteiger partial charge in [-0.05, 0) is 32.5 Å². The van der Waals surface area contributed by atoms with Gasteiger partial charge in [-0.15, -0.1) is 11.3 Å². The number of rotatable bonds is 6. The molecule has 4 heteroatoms. The van der Waals surface area contributed by atoms with Crippen molar-refractivity contribution >= 4 is 11.3 Å². The molecule has 108 valence electrons. The summed E-state index contributed by atoms with van der Waals surface area (Å²) in [5, 5.41) is 3.56. The van der Waals surface area contributed by atoms with Crippen LogP contribution in [0.3, 0.4) is 0 Å². The summed E-state index contributed by atoms with van der Waals surface area (Å²) in [5.41, 5.74) is 0. The molecule has 1 atom stereocenters. The van der Waals surface area contributed by atoms with Crippen molar-refractivity contribution in [1.29, 1.82) is 0 Å². The molecule has 0 aromatic carbocycles. The van der Waals surface area contributed by atoms with E-state index in [2.05, 4.69) is 48.0 Å². The molecule has 0 bridgehead atoms. The molecule has 1 aliphatic heterocycles. The third kappa shape index (κ3) is 4.56. The average Bonchev–Trinajstić information content (AvgIpc) is 2.81. The van der Waals surface area contributed by atoms with Crippen LogP contribution >= 0.6 is 11.3 Å². The molecule has 1 unspecified atom stereocenters. The average molecular weight is 281 g/mol. The van der Waals surface area contributed by atoms with Crippen LogP contribution in [-0.4, -0.2) is 55.1 Å². The standard InChI is InChI=1S/C15H27N3S/c1-4-18-10-9-17(12-13(18)2)8-7-16-11-15-6-5-14(3)19-15/h5-6,13,16H,4,7-12H2,1-3H3. The van der Waals surface area contributed by atoms with Crippen molar-refractivity contribution in [3.05, 3.63) is 21.9 Å². The number of nitrogens with zero attached hydrogens (tertiary/aromatic N) is 2. The molecule has 19 heavy (non-hydrogen) atoms. The van der Waals surface area contributed by atoms with Gasteiger partial charge in [0, 0.05) is 55.1 Å². The first-order valence-corrected chi connectivity index (χ1v) is 8.23. The number of aryl methyl sites for hydroxylation is 1. The van der Waals surface area contributed by atoms with Crippen molar-refractivity contribution in [2.75, 3.05) is 39.3 Å². The highest BCUT2D eigenvalue weighted by Gasteiger charge is 2.21. The first-order chi connectivity index (χ1) is 9.19. The lowest BCUT2D eigenvalue weighted by Gasteiger charge is -2.39. The van der Waals surface area contributed by atoms with E-state index in [0.717, 1.165) is 13.1 Å². The minimum atomic E-state index is 0.707. The van der Waals surface area contributed by atoms with E-state index >= 15 is 0 Å². The van der Waals surface area contributed by atoms with Crippen LogP contribution in [0.2, 0.25) is 0 Å². The zero-order valence-electron chi connectivity index (χ0n) is 12.5. The Balaban J connectivity index is 1.61. The van der Waals surface area contributed by atoms with Gasteiger partial charge in [-0.2, -0.15) is 0 Å². The quantitative estimate of drug-likeness (QED) is 0.806. The van der Waals surface area contributed by atoms with Crippen LogP contribution in [0.25, 0.3) is 0 Å². The Morgan fingerprint density at radius 1 is 1.37 bits per heavy atom. The number of hydrogen-bond donors (Lipinski definition) is 1. The monoisotopic (exact) mass is 281 g/mol. The van der Waals surface area contributed by atoms with Crippen LogP contribution in [-0.2, 0) is 6.54 Å². The summed E-state index contributed by atoms with van der Waals surface area (Å²) >= 11 is 1.89. The third-order valence-corrected chi connectivity index (χ3v) is 4.96. The summed E-state index contributed by atoms with van der Waals surface area (Å²) in [5.74, 6) is 0. The topological polar surface area (TPSA) is 18.5 Å². The summed E-state index contributed by atoms with van der Waals surface area (Å²) < 4.78 is 0. The lowest BCUT2D eigenvalue weighted by Crippen LogP contribution is -2.52. The van der Waals surface area contributed by atoms with E-state index in [9.17, 15) is 0 Å². The van der Waals surface area contributed by atoms with Crippen molar-refractivity contribution < 1.29 is 0 Å². The second kappa shape index (κ2) is 7.39. The Morgan fingerprint density at radius 2 is 2.21 bits per heavy atom. The molecule has 2 heterocycles. The maximum Gasteiger partial charge on any atom is 0.0300 e. The molecule has 0 aliphatic carbocycles. The van der Waals surface area contributed by atoms with Gasteiger partial charge in [-0.3, -0.25) is 9.80 Å². The van der Waals surface area contributed by atoms with Gasteiger partial charge in [0.2, 0.25) is 0 Å². The van der Waals surface area contributed by atoms with Crippen molar-refractivity contribution in [2.24, 2.45) is 0 Å². The summed E-state index contributed by atoms with van der Waals surface area (Å²) in [6.07, 6.45) is 0. The van der Waals surface area contributed by atoms with Gasteiger partial charge < -0.3 is 5.32 Å². The fraction of sp³-hybridized carbons (Fsp3) is 0.733. The first kappa shape index (κ1) is 15.0. The fourth-order valence-electron chi connectivity index (χ4n) is 2.77. The number of nitrogens with one attached hydrogen (secondary N) is 1. The Morgan fingerprint density at radius 3 is 2.84 bits per heavy atom. The zero-order chi connectivity index (χ0) is 13.7. The molecule has 0 amide bonds. The van der Waals surface area contributed by atoms with Gasteiger partial charge in [-0.1, -0.05) is 6.92 Å². The van der Waals surface area contributed by atoms with E-state index < -0.39 is 0 Å². The summed E-state index contributed by atoms with van der Waals surface area (Å²) in [6, 6.07) is 5.14. The van der Waals surface area contributed by atoms with E-state index in [1.807, 2.05) is 11.3 Å². The lowest BCUT2D eigenvalue weighted by atomic mass is 10.2. The molecule has 1 saturated heterocycles. The van der Waals surface area contributed by atoms with Crippen LogP contribution in [0.15, 0.2) is 12.1 Å². The van der Waals surface area contributed by atoms with Crippen LogP contribution in [0.5, 0.6) is 0 Å². The Hall–Kier alpha value is -0.420. The van der Waals surface area contributed by atoms with Crippen molar-refractivity contribution in [3.63, 3.8) is 0 Å². The molecule has 3 nitrogen and oxygen atoms in total. The third-order valence-electron chi connectivity index (χ3n) is 3.96. The van der Waals surface area contributed by atoms with Gasteiger partial charge in [0.15, 0.2) is 0 Å². The zero-order valence-corrected chi connectivity index (χ0v) is 13.3. The van der Waals surface area contributed by atoms with Crippen molar-refractivity contribution in [3.8, 4) is 0 Å². The number of piperazine rings is 1. The molecule has 2 rings (SSSR count). The second-order valence-electron chi connectivity index (χ2n) is 5.47. The van der Waals surface area contributed by atoms with Crippen molar-refractivity contribution in [1.82, 2.24) is 15.1 Å². The van der Waals surface area contributed by atoms with Gasteiger partial charge >= 0.3 is 0 Å². The molecule has 0 saturated carbocycles. The van der Waals surface area contributed by atoms with E-state index in [0.29, 0.717) is 6.04 Å². The molecule has 1 aromatic rings. The van der Waals surface area contributed by atoms with Gasteiger partial charge in [0.1, 0.15) is 0 Å². The minimum absolute atomic E-state index is 0.707. The molecule has 0 spiro atoms. The molecule has 1 N–H and O–H groups in total. The van der Waals surface area contributed by atoms with Crippen LogP contribution in [0.4, 0.5) is 0 Å². The van der Waals surface area contributed by atoms with E-state index in [1.165, 1.54) is 42.5 Å². The maximum absolute atomic E-state index is 3.56. The predicted molar refractivity (Wildman–Crippen MR) is 83.9 cm³/mol. The number of likely N-dealkylation sites (N-methyl/N-ethyl adjacent to an activating group) is 1. The van der Waals surface area contributed by atoms with E-state index in [4.69, 9.17) is 0 Å². The molecule has 1 fully saturated rings. The Bertz CT molecular complexity index is 377. The highest BCUT2D eigenvalue weighted by atomic mass is 32.1. The number of thiophene rings is 1. The van der Waals surface area contributed by atoms with Crippen molar-refractivity contribution in [2.45, 2.75) is 33.4 Å². The largest absolute Gasteiger partial charge is 0.311 e. The van der Waals surface area contributed by atoms with Gasteiger partial charge in [0.25, 0.3) is 0 Å². The van der Waals surface area contributed by atoms with Crippen LogP contribution in [0, 0.1) is 6.92 Å². The summed E-state index contributed by atoms with van der Waals surface area (Å²) in [4.78, 5) is 8.00. The van der Waals surface area contributed by atoms with Gasteiger partial charge in [0.05, 0.1) is 0 Å². The Kier molecular flexibility index (Phi) is 5.82. The summed E-state index contributed by atoms with van der Waals surface area (Å²) in [7, 11) is 0. The molecule has 0 radical (unpaired) electrons. The number of hydrogen-bond acceptors (Lipinski definition) is 4.